The Bertz CT molecular complexity index is 596. The highest BCUT2D eigenvalue weighted by Gasteiger charge is 2.04. The van der Waals surface area contributed by atoms with E-state index in [-0.39, 0.29) is 11.8 Å². The van der Waals surface area contributed by atoms with Crippen LogP contribution in [0.15, 0.2) is 35.0 Å². The summed E-state index contributed by atoms with van der Waals surface area (Å²) in [6.07, 6.45) is 10.5. The van der Waals surface area contributed by atoms with E-state index in [1.54, 1.807) is 22.7 Å². The SMILES string of the molecule is O=C(Cc1cccs1)NCCCCCCCCCCNC(=O)Cc1cccs1. The number of carbonyl (C=O) groups is 2. The third-order valence-corrected chi connectivity index (χ3v) is 6.33. The molecule has 28 heavy (non-hydrogen) atoms. The third kappa shape index (κ3) is 10.6. The Morgan fingerprint density at radius 1 is 0.643 bits per heavy atom. The van der Waals surface area contributed by atoms with Crippen molar-refractivity contribution in [2.75, 3.05) is 13.1 Å². The van der Waals surface area contributed by atoms with E-state index in [2.05, 4.69) is 10.6 Å². The molecule has 0 saturated carbocycles. The first-order chi connectivity index (χ1) is 13.7. The van der Waals surface area contributed by atoms with Gasteiger partial charge in [0.05, 0.1) is 12.8 Å². The van der Waals surface area contributed by atoms with Crippen molar-refractivity contribution >= 4 is 34.5 Å². The quantitative estimate of drug-likeness (QED) is 0.401. The molecule has 0 spiro atoms. The van der Waals surface area contributed by atoms with Gasteiger partial charge in [-0.1, -0.05) is 50.7 Å². The Balaban J connectivity index is 1.30. The molecule has 0 aliphatic rings. The minimum Gasteiger partial charge on any atom is -0.356 e. The summed E-state index contributed by atoms with van der Waals surface area (Å²) in [4.78, 5) is 25.8. The predicted octanol–water partition coefficient (Wildman–Crippen LogP) is 4.95. The molecule has 2 N–H and O–H groups in total. The molecule has 154 valence electrons. The minimum absolute atomic E-state index is 0.130. The van der Waals surface area contributed by atoms with Gasteiger partial charge in [-0.2, -0.15) is 0 Å². The molecular formula is C22H32N2O2S2. The van der Waals surface area contributed by atoms with E-state index in [1.807, 2.05) is 35.0 Å². The number of hydrogen-bond acceptors (Lipinski definition) is 4. The number of unbranched alkanes of at least 4 members (excludes halogenated alkanes) is 7. The van der Waals surface area contributed by atoms with Crippen LogP contribution in [0.25, 0.3) is 0 Å². The lowest BCUT2D eigenvalue weighted by atomic mass is 10.1. The molecule has 0 aliphatic heterocycles. The number of hydrogen-bond donors (Lipinski definition) is 2. The first-order valence-corrected chi connectivity index (χ1v) is 12.1. The highest BCUT2D eigenvalue weighted by atomic mass is 32.1. The van der Waals surface area contributed by atoms with Crippen LogP contribution in [0.2, 0.25) is 0 Å². The smallest absolute Gasteiger partial charge is 0.225 e. The average molecular weight is 421 g/mol. The topological polar surface area (TPSA) is 58.2 Å². The van der Waals surface area contributed by atoms with Crippen LogP contribution < -0.4 is 10.6 Å². The minimum atomic E-state index is 0.130. The Morgan fingerprint density at radius 2 is 1.04 bits per heavy atom. The first-order valence-electron chi connectivity index (χ1n) is 10.3. The summed E-state index contributed by atoms with van der Waals surface area (Å²) in [6, 6.07) is 7.97. The monoisotopic (exact) mass is 420 g/mol. The van der Waals surface area contributed by atoms with Gasteiger partial charge in [-0.05, 0) is 35.7 Å². The van der Waals surface area contributed by atoms with Gasteiger partial charge < -0.3 is 10.6 Å². The predicted molar refractivity (Wildman–Crippen MR) is 119 cm³/mol. The van der Waals surface area contributed by atoms with E-state index in [9.17, 15) is 9.59 Å². The van der Waals surface area contributed by atoms with Crippen LogP contribution in [-0.2, 0) is 22.4 Å². The molecule has 2 heterocycles. The highest BCUT2D eigenvalue weighted by molar-refractivity contribution is 7.10. The van der Waals surface area contributed by atoms with Crippen molar-refractivity contribution in [2.24, 2.45) is 0 Å². The van der Waals surface area contributed by atoms with Crippen LogP contribution in [0.4, 0.5) is 0 Å². The van der Waals surface area contributed by atoms with Gasteiger partial charge in [0, 0.05) is 22.8 Å². The van der Waals surface area contributed by atoms with Crippen molar-refractivity contribution in [1.82, 2.24) is 10.6 Å². The highest BCUT2D eigenvalue weighted by Crippen LogP contribution is 2.10. The van der Waals surface area contributed by atoms with Crippen molar-refractivity contribution in [3.8, 4) is 0 Å². The van der Waals surface area contributed by atoms with Crippen LogP contribution in [-0.4, -0.2) is 24.9 Å². The van der Waals surface area contributed by atoms with Crippen molar-refractivity contribution in [1.29, 1.82) is 0 Å². The van der Waals surface area contributed by atoms with E-state index in [0.717, 1.165) is 35.7 Å². The van der Waals surface area contributed by atoms with E-state index in [4.69, 9.17) is 0 Å². The molecule has 6 heteroatoms. The molecule has 2 amide bonds. The summed E-state index contributed by atoms with van der Waals surface area (Å²) in [7, 11) is 0. The summed E-state index contributed by atoms with van der Waals surface area (Å²) in [5.41, 5.74) is 0. The zero-order chi connectivity index (χ0) is 19.9. The van der Waals surface area contributed by atoms with E-state index >= 15 is 0 Å². The van der Waals surface area contributed by atoms with Gasteiger partial charge >= 0.3 is 0 Å². The molecule has 0 saturated heterocycles. The third-order valence-electron chi connectivity index (χ3n) is 4.58. The lowest BCUT2D eigenvalue weighted by molar-refractivity contribution is -0.121. The maximum atomic E-state index is 11.8. The zero-order valence-electron chi connectivity index (χ0n) is 16.6. The maximum Gasteiger partial charge on any atom is 0.225 e. The molecule has 0 aliphatic carbocycles. The van der Waals surface area contributed by atoms with Crippen molar-refractivity contribution in [2.45, 2.75) is 64.2 Å². The molecule has 2 rings (SSSR count). The van der Waals surface area contributed by atoms with E-state index in [1.165, 1.54) is 38.5 Å². The van der Waals surface area contributed by atoms with Crippen molar-refractivity contribution in [3.63, 3.8) is 0 Å². The lowest BCUT2D eigenvalue weighted by Gasteiger charge is -2.06. The van der Waals surface area contributed by atoms with Crippen LogP contribution in [0, 0.1) is 0 Å². The van der Waals surface area contributed by atoms with Crippen LogP contribution in [0.5, 0.6) is 0 Å². The molecule has 0 atom stereocenters. The van der Waals surface area contributed by atoms with Crippen molar-refractivity contribution in [3.05, 3.63) is 44.8 Å². The van der Waals surface area contributed by atoms with Crippen LogP contribution >= 0.6 is 22.7 Å². The number of thiophene rings is 2. The van der Waals surface area contributed by atoms with Gasteiger partial charge in [0.25, 0.3) is 0 Å². The molecule has 2 aromatic heterocycles. The maximum absolute atomic E-state index is 11.8. The van der Waals surface area contributed by atoms with Gasteiger partial charge in [0.15, 0.2) is 0 Å². The molecule has 0 radical (unpaired) electrons. The second kappa shape index (κ2) is 14.4. The second-order valence-corrected chi connectivity index (χ2v) is 9.11. The fourth-order valence-corrected chi connectivity index (χ4v) is 4.44. The summed E-state index contributed by atoms with van der Waals surface area (Å²) >= 11 is 3.26. The Morgan fingerprint density at radius 3 is 1.39 bits per heavy atom. The number of nitrogens with one attached hydrogen (secondary N) is 2. The number of carbonyl (C=O) groups excluding carboxylic acids is 2. The van der Waals surface area contributed by atoms with Gasteiger partial charge in [0.2, 0.25) is 11.8 Å². The van der Waals surface area contributed by atoms with Crippen molar-refractivity contribution < 1.29 is 9.59 Å². The fourth-order valence-electron chi connectivity index (χ4n) is 3.03. The average Bonchev–Trinajstić information content (AvgIpc) is 3.37. The lowest BCUT2D eigenvalue weighted by Crippen LogP contribution is -2.25. The van der Waals surface area contributed by atoms with Gasteiger partial charge in [-0.3, -0.25) is 9.59 Å². The normalized spacial score (nSPS) is 10.7. The zero-order valence-corrected chi connectivity index (χ0v) is 18.2. The fraction of sp³-hybridized carbons (Fsp3) is 0.545. The summed E-state index contributed by atoms with van der Waals surface area (Å²) in [5.74, 6) is 0.259. The second-order valence-electron chi connectivity index (χ2n) is 7.04. The largest absolute Gasteiger partial charge is 0.356 e. The first kappa shape index (κ1) is 22.6. The summed E-state index contributed by atoms with van der Waals surface area (Å²) < 4.78 is 0. The molecule has 0 fully saturated rings. The Labute approximate surface area is 176 Å². The van der Waals surface area contributed by atoms with Gasteiger partial charge in [-0.25, -0.2) is 0 Å². The van der Waals surface area contributed by atoms with Crippen LogP contribution in [0.3, 0.4) is 0 Å². The van der Waals surface area contributed by atoms with Crippen LogP contribution in [0.1, 0.15) is 61.1 Å². The van der Waals surface area contributed by atoms with Gasteiger partial charge in [-0.15, -0.1) is 22.7 Å². The van der Waals surface area contributed by atoms with E-state index in [0.29, 0.717) is 12.8 Å². The molecule has 0 unspecified atom stereocenters. The number of amides is 2. The standard InChI is InChI=1S/C22H32N2O2S2/c25-21(17-19-11-9-15-27-19)23-13-7-5-3-1-2-4-6-8-14-24-22(26)18-20-12-10-16-28-20/h9-12,15-16H,1-8,13-14,17-18H2,(H,23,25)(H,24,26). The Kier molecular flexibility index (Phi) is 11.6. The molecule has 4 nitrogen and oxygen atoms in total. The van der Waals surface area contributed by atoms with Gasteiger partial charge in [0.1, 0.15) is 0 Å². The molecular weight excluding hydrogens is 388 g/mol. The number of rotatable bonds is 15. The summed E-state index contributed by atoms with van der Waals surface area (Å²) in [6.45, 7) is 1.57. The molecule has 0 aromatic carbocycles. The summed E-state index contributed by atoms with van der Waals surface area (Å²) in [5, 5.41) is 10.0. The molecule has 2 aromatic rings. The molecule has 0 bridgehead atoms. The van der Waals surface area contributed by atoms with E-state index < -0.39 is 0 Å². The Hall–Kier alpha value is -1.66.